The highest BCUT2D eigenvalue weighted by Gasteiger charge is 2.11. The normalized spacial score (nSPS) is 11.1. The monoisotopic (exact) mass is 288 g/mol. The number of fused-ring (bicyclic) bond motifs is 1. The lowest BCUT2D eigenvalue weighted by Gasteiger charge is -2.07. The maximum atomic E-state index is 6.18. The van der Waals surface area contributed by atoms with E-state index in [4.69, 9.17) is 17.3 Å². The number of thiazole rings is 1. The molecule has 2 nitrogen and oxygen atoms in total. The molecule has 4 heteroatoms. The predicted molar refractivity (Wildman–Crippen MR) is 84.0 cm³/mol. The van der Waals surface area contributed by atoms with Gasteiger partial charge < -0.3 is 5.73 Å². The average Bonchev–Trinajstić information content (AvgIpc) is 2.76. The van der Waals surface area contributed by atoms with E-state index < -0.39 is 0 Å². The summed E-state index contributed by atoms with van der Waals surface area (Å²) in [5.74, 6) is 0. The lowest BCUT2D eigenvalue weighted by molar-refractivity contribution is 1.37. The standard InChI is InChI=1S/C15H13ClN2S/c1-8-5-9(2)14(17)11(6-8)15-18-12-4-3-10(16)7-13(12)19-15/h3-7H,17H2,1-2H3. The van der Waals surface area contributed by atoms with Gasteiger partial charge in [-0.2, -0.15) is 0 Å². The molecule has 0 aliphatic heterocycles. The van der Waals surface area contributed by atoms with Gasteiger partial charge in [-0.15, -0.1) is 11.3 Å². The van der Waals surface area contributed by atoms with Crippen LogP contribution in [0.1, 0.15) is 11.1 Å². The number of aromatic nitrogens is 1. The molecule has 1 aromatic heterocycles. The number of nitrogens with zero attached hydrogens (tertiary/aromatic N) is 1. The fraction of sp³-hybridized carbons (Fsp3) is 0.133. The highest BCUT2D eigenvalue weighted by molar-refractivity contribution is 7.21. The van der Waals surface area contributed by atoms with Gasteiger partial charge in [0.2, 0.25) is 0 Å². The van der Waals surface area contributed by atoms with Crippen molar-refractivity contribution in [2.75, 3.05) is 5.73 Å². The molecule has 3 rings (SSSR count). The molecule has 1 heterocycles. The maximum absolute atomic E-state index is 6.18. The zero-order valence-electron chi connectivity index (χ0n) is 10.7. The van der Waals surface area contributed by atoms with Gasteiger partial charge in [-0.3, -0.25) is 0 Å². The minimum absolute atomic E-state index is 0.732. The second-order valence-electron chi connectivity index (χ2n) is 4.67. The van der Waals surface area contributed by atoms with Crippen LogP contribution in [-0.4, -0.2) is 4.98 Å². The molecule has 96 valence electrons. The van der Waals surface area contributed by atoms with Gasteiger partial charge in [0.25, 0.3) is 0 Å². The second-order valence-corrected chi connectivity index (χ2v) is 6.14. The summed E-state index contributed by atoms with van der Waals surface area (Å²) in [6, 6.07) is 9.91. The number of aryl methyl sites for hydroxylation is 2. The van der Waals surface area contributed by atoms with Gasteiger partial charge in [-0.1, -0.05) is 23.2 Å². The summed E-state index contributed by atoms with van der Waals surface area (Å²) >= 11 is 7.63. The van der Waals surface area contributed by atoms with E-state index >= 15 is 0 Å². The van der Waals surface area contributed by atoms with E-state index in [1.807, 2.05) is 25.1 Å². The van der Waals surface area contributed by atoms with Gasteiger partial charge in [0.15, 0.2) is 0 Å². The summed E-state index contributed by atoms with van der Waals surface area (Å²) in [5, 5.41) is 1.68. The molecule has 0 saturated carbocycles. The first kappa shape index (κ1) is 12.5. The molecule has 0 amide bonds. The third-order valence-electron chi connectivity index (χ3n) is 3.11. The number of hydrogen-bond donors (Lipinski definition) is 1. The first-order valence-electron chi connectivity index (χ1n) is 5.98. The summed E-state index contributed by atoms with van der Waals surface area (Å²) in [6.07, 6.45) is 0. The number of nitrogen functional groups attached to an aromatic ring is 1. The molecule has 0 aliphatic rings. The first-order chi connectivity index (χ1) is 9.04. The summed E-state index contributed by atoms with van der Waals surface area (Å²) in [7, 11) is 0. The van der Waals surface area contributed by atoms with Crippen LogP contribution in [0, 0.1) is 13.8 Å². The van der Waals surface area contributed by atoms with Crippen LogP contribution >= 0.6 is 22.9 Å². The van der Waals surface area contributed by atoms with Crippen LogP contribution in [0.3, 0.4) is 0 Å². The smallest absolute Gasteiger partial charge is 0.126 e. The van der Waals surface area contributed by atoms with E-state index in [1.54, 1.807) is 11.3 Å². The van der Waals surface area contributed by atoms with E-state index in [1.165, 1.54) is 5.56 Å². The lowest BCUT2D eigenvalue weighted by atomic mass is 10.1. The minimum atomic E-state index is 0.732. The van der Waals surface area contributed by atoms with Crippen LogP contribution in [0.5, 0.6) is 0 Å². The van der Waals surface area contributed by atoms with Crippen molar-refractivity contribution >= 4 is 38.8 Å². The Labute approximate surface area is 120 Å². The summed E-state index contributed by atoms with van der Waals surface area (Å²) in [6.45, 7) is 4.09. The van der Waals surface area contributed by atoms with Crippen molar-refractivity contribution in [2.45, 2.75) is 13.8 Å². The first-order valence-corrected chi connectivity index (χ1v) is 7.17. The highest BCUT2D eigenvalue weighted by Crippen LogP contribution is 2.36. The van der Waals surface area contributed by atoms with Crippen molar-refractivity contribution in [3.8, 4) is 10.6 Å². The molecule has 2 N–H and O–H groups in total. The van der Waals surface area contributed by atoms with E-state index in [9.17, 15) is 0 Å². The van der Waals surface area contributed by atoms with E-state index in [0.29, 0.717) is 0 Å². The van der Waals surface area contributed by atoms with Gasteiger partial charge in [-0.25, -0.2) is 4.98 Å². The molecule has 0 aliphatic carbocycles. The van der Waals surface area contributed by atoms with Crippen LogP contribution in [0.25, 0.3) is 20.8 Å². The van der Waals surface area contributed by atoms with E-state index in [-0.39, 0.29) is 0 Å². The Morgan fingerprint density at radius 1 is 1.16 bits per heavy atom. The number of halogens is 1. The van der Waals surface area contributed by atoms with Gasteiger partial charge in [0.1, 0.15) is 5.01 Å². The highest BCUT2D eigenvalue weighted by atomic mass is 35.5. The molecule has 0 fully saturated rings. The van der Waals surface area contributed by atoms with E-state index in [0.717, 1.165) is 37.1 Å². The Bertz CT molecular complexity index is 777. The lowest BCUT2D eigenvalue weighted by Crippen LogP contribution is -1.94. The third-order valence-corrected chi connectivity index (χ3v) is 4.40. The van der Waals surface area contributed by atoms with Gasteiger partial charge in [0.05, 0.1) is 10.2 Å². The Hall–Kier alpha value is -1.58. The van der Waals surface area contributed by atoms with Crippen LogP contribution in [0.4, 0.5) is 5.69 Å². The summed E-state index contributed by atoms with van der Waals surface area (Å²) in [4.78, 5) is 4.65. The van der Waals surface area contributed by atoms with Crippen molar-refractivity contribution in [3.63, 3.8) is 0 Å². The Morgan fingerprint density at radius 3 is 2.74 bits per heavy atom. The summed E-state index contributed by atoms with van der Waals surface area (Å²) in [5.41, 5.74) is 11.2. The quantitative estimate of drug-likeness (QED) is 0.652. The van der Waals surface area contributed by atoms with Crippen molar-refractivity contribution in [3.05, 3.63) is 46.5 Å². The van der Waals surface area contributed by atoms with Crippen molar-refractivity contribution in [2.24, 2.45) is 0 Å². The van der Waals surface area contributed by atoms with Crippen molar-refractivity contribution < 1.29 is 0 Å². The average molecular weight is 289 g/mol. The second kappa shape index (κ2) is 4.51. The fourth-order valence-electron chi connectivity index (χ4n) is 2.17. The van der Waals surface area contributed by atoms with Crippen LogP contribution in [0.15, 0.2) is 30.3 Å². The molecular weight excluding hydrogens is 276 g/mol. The largest absolute Gasteiger partial charge is 0.398 e. The molecule has 0 radical (unpaired) electrons. The molecule has 0 spiro atoms. The minimum Gasteiger partial charge on any atom is -0.398 e. The zero-order chi connectivity index (χ0) is 13.6. The van der Waals surface area contributed by atoms with Crippen LogP contribution in [0.2, 0.25) is 5.02 Å². The third kappa shape index (κ3) is 2.20. The van der Waals surface area contributed by atoms with Gasteiger partial charge in [-0.05, 0) is 43.7 Å². The topological polar surface area (TPSA) is 38.9 Å². The molecule has 19 heavy (non-hydrogen) atoms. The predicted octanol–water partition coefficient (Wildman–Crippen LogP) is 4.82. The molecule has 0 unspecified atom stereocenters. The number of anilines is 1. The van der Waals surface area contributed by atoms with Gasteiger partial charge >= 0.3 is 0 Å². The number of hydrogen-bond acceptors (Lipinski definition) is 3. The Kier molecular flexibility index (Phi) is 2.96. The number of benzene rings is 2. The SMILES string of the molecule is Cc1cc(C)c(N)c(-c2nc3ccc(Cl)cc3s2)c1. The molecule has 0 atom stereocenters. The number of rotatable bonds is 1. The van der Waals surface area contributed by atoms with Gasteiger partial charge in [0, 0.05) is 16.3 Å². The Balaban J connectivity index is 2.24. The van der Waals surface area contributed by atoms with Crippen molar-refractivity contribution in [1.29, 1.82) is 0 Å². The maximum Gasteiger partial charge on any atom is 0.126 e. The summed E-state index contributed by atoms with van der Waals surface area (Å²) < 4.78 is 1.08. The molecule has 0 bridgehead atoms. The van der Waals surface area contributed by atoms with E-state index in [2.05, 4.69) is 24.0 Å². The number of nitrogens with two attached hydrogens (primary N) is 1. The molecule has 3 aromatic rings. The fourth-order valence-corrected chi connectivity index (χ4v) is 3.44. The zero-order valence-corrected chi connectivity index (χ0v) is 12.3. The Morgan fingerprint density at radius 2 is 1.95 bits per heavy atom. The molecule has 2 aromatic carbocycles. The molecule has 0 saturated heterocycles. The van der Waals surface area contributed by atoms with Crippen LogP contribution in [-0.2, 0) is 0 Å². The van der Waals surface area contributed by atoms with Crippen LogP contribution < -0.4 is 5.73 Å². The molecular formula is C15H13ClN2S. The van der Waals surface area contributed by atoms with Crippen molar-refractivity contribution in [1.82, 2.24) is 4.98 Å².